The van der Waals surface area contributed by atoms with Crippen LogP contribution in [0.15, 0.2) is 55.4 Å². The average Bonchev–Trinajstić information content (AvgIpc) is 2.82. The number of nitrogens with one attached hydrogen (secondary N) is 1. The Morgan fingerprint density at radius 2 is 2.06 bits per heavy atom. The maximum Gasteiger partial charge on any atom is 0.245 e. The first-order valence-electron chi connectivity index (χ1n) is 10.5. The van der Waals surface area contributed by atoms with E-state index in [9.17, 15) is 4.79 Å². The van der Waals surface area contributed by atoms with Crippen LogP contribution in [0.25, 0.3) is 10.9 Å². The fourth-order valence-electron chi connectivity index (χ4n) is 3.79. The third-order valence-corrected chi connectivity index (χ3v) is 6.16. The van der Waals surface area contributed by atoms with Crippen LogP contribution in [0.5, 0.6) is 11.5 Å². The molecule has 0 unspecified atom stereocenters. The number of methoxy groups -OCH3 is 1. The maximum absolute atomic E-state index is 11.8. The Morgan fingerprint density at radius 1 is 1.25 bits per heavy atom. The third kappa shape index (κ3) is 5.12. The molecule has 7 nitrogen and oxygen atoms in total. The lowest BCUT2D eigenvalue weighted by Gasteiger charge is -2.31. The summed E-state index contributed by atoms with van der Waals surface area (Å²) in [5.74, 6) is 1.99. The molecule has 0 spiro atoms. The van der Waals surface area contributed by atoms with Gasteiger partial charge in [-0.05, 0) is 52.4 Å². The Kier molecular flexibility index (Phi) is 7.09. The molecular weight excluding hydrogens is 519 g/mol. The lowest BCUT2D eigenvalue weighted by Crippen LogP contribution is -2.41. The van der Waals surface area contributed by atoms with E-state index in [0.717, 1.165) is 29.6 Å². The van der Waals surface area contributed by atoms with Gasteiger partial charge in [0.25, 0.3) is 0 Å². The minimum atomic E-state index is -0.0345. The van der Waals surface area contributed by atoms with E-state index in [4.69, 9.17) is 9.47 Å². The van der Waals surface area contributed by atoms with Crippen LogP contribution in [0, 0.1) is 3.57 Å². The molecule has 1 aliphatic rings. The number of amides is 1. The highest BCUT2D eigenvalue weighted by Crippen LogP contribution is 2.35. The minimum Gasteiger partial charge on any atom is -0.493 e. The zero-order valence-corrected chi connectivity index (χ0v) is 20.0. The number of halogens is 1. The van der Waals surface area contributed by atoms with Crippen LogP contribution in [-0.2, 0) is 11.3 Å². The van der Waals surface area contributed by atoms with E-state index >= 15 is 0 Å². The number of anilines is 1. The highest BCUT2D eigenvalue weighted by Gasteiger charge is 2.24. The fraction of sp³-hybridized carbons (Fsp3) is 0.292. The number of likely N-dealkylation sites (tertiary alicyclic amines) is 1. The van der Waals surface area contributed by atoms with Crippen LogP contribution in [0.1, 0.15) is 18.4 Å². The van der Waals surface area contributed by atoms with Crippen LogP contribution < -0.4 is 14.8 Å². The summed E-state index contributed by atoms with van der Waals surface area (Å²) in [5.41, 5.74) is 1.95. The van der Waals surface area contributed by atoms with Crippen LogP contribution in [0.3, 0.4) is 0 Å². The highest BCUT2D eigenvalue weighted by atomic mass is 127. The summed E-state index contributed by atoms with van der Waals surface area (Å²) >= 11 is 2.31. The van der Waals surface area contributed by atoms with Crippen LogP contribution >= 0.6 is 22.6 Å². The summed E-state index contributed by atoms with van der Waals surface area (Å²) in [6.07, 6.45) is 4.42. The van der Waals surface area contributed by atoms with E-state index < -0.39 is 0 Å². The first kappa shape index (κ1) is 22.3. The van der Waals surface area contributed by atoms with Gasteiger partial charge in [0.2, 0.25) is 5.91 Å². The van der Waals surface area contributed by atoms with Gasteiger partial charge in [-0.2, -0.15) is 0 Å². The van der Waals surface area contributed by atoms with Gasteiger partial charge in [-0.15, -0.1) is 0 Å². The van der Waals surface area contributed by atoms with Gasteiger partial charge < -0.3 is 19.7 Å². The first-order chi connectivity index (χ1) is 15.6. The summed E-state index contributed by atoms with van der Waals surface area (Å²) in [5, 5.41) is 4.29. The molecule has 3 aromatic rings. The summed E-state index contributed by atoms with van der Waals surface area (Å²) in [4.78, 5) is 22.5. The number of carbonyl (C=O) groups is 1. The van der Waals surface area contributed by atoms with E-state index in [2.05, 4.69) is 62.7 Å². The number of benzene rings is 2. The van der Waals surface area contributed by atoms with Gasteiger partial charge in [0, 0.05) is 47.5 Å². The summed E-state index contributed by atoms with van der Waals surface area (Å²) in [7, 11) is 1.62. The normalized spacial score (nSPS) is 14.2. The summed E-state index contributed by atoms with van der Waals surface area (Å²) < 4.78 is 13.1. The van der Waals surface area contributed by atoms with Crippen LogP contribution in [-0.4, -0.2) is 47.1 Å². The van der Waals surface area contributed by atoms with Crippen molar-refractivity contribution in [3.8, 4) is 11.5 Å². The molecule has 0 aliphatic carbocycles. The monoisotopic (exact) mass is 544 g/mol. The standard InChI is InChI=1S/C24H25IN4O3/c1-3-23(30)29-9-7-18(8-10-29)32-22-12-19-20(13-21(22)31-2)27-15-28-24(19)26-14-16-5-4-6-17(25)11-16/h3-6,11-13,15,18H,1,7-10,14H2,2H3,(H,26,27,28). The van der Waals surface area contributed by atoms with Gasteiger partial charge in [0.05, 0.1) is 12.6 Å². The second-order valence-corrected chi connectivity index (χ2v) is 8.82. The molecule has 1 amide bonds. The van der Waals surface area contributed by atoms with Crippen molar-refractivity contribution in [1.29, 1.82) is 0 Å². The number of ether oxygens (including phenoxy) is 2. The lowest BCUT2D eigenvalue weighted by atomic mass is 10.1. The molecule has 0 atom stereocenters. The number of nitrogens with zero attached hydrogens (tertiary/aromatic N) is 3. The number of piperidine rings is 1. The van der Waals surface area contributed by atoms with Crippen molar-refractivity contribution in [2.75, 3.05) is 25.5 Å². The molecule has 2 aromatic carbocycles. The lowest BCUT2D eigenvalue weighted by molar-refractivity contribution is -0.127. The second kappa shape index (κ2) is 10.2. The Hall–Kier alpha value is -2.88. The molecule has 4 rings (SSSR count). The van der Waals surface area contributed by atoms with Gasteiger partial charge in [0.15, 0.2) is 11.5 Å². The summed E-state index contributed by atoms with van der Waals surface area (Å²) in [6, 6.07) is 12.1. The topological polar surface area (TPSA) is 76.6 Å². The van der Waals surface area contributed by atoms with Crippen LogP contribution in [0.2, 0.25) is 0 Å². The largest absolute Gasteiger partial charge is 0.493 e. The van der Waals surface area contributed by atoms with Crippen molar-refractivity contribution in [2.24, 2.45) is 0 Å². The van der Waals surface area contributed by atoms with E-state index in [-0.39, 0.29) is 12.0 Å². The summed E-state index contributed by atoms with van der Waals surface area (Å²) in [6.45, 7) is 5.52. The number of fused-ring (bicyclic) bond motifs is 1. The second-order valence-electron chi connectivity index (χ2n) is 7.57. The van der Waals surface area contributed by atoms with Crippen molar-refractivity contribution >= 4 is 45.2 Å². The zero-order chi connectivity index (χ0) is 22.5. The average molecular weight is 544 g/mol. The number of hydrogen-bond donors (Lipinski definition) is 1. The van der Waals surface area contributed by atoms with Gasteiger partial charge in [-0.25, -0.2) is 9.97 Å². The van der Waals surface area contributed by atoms with E-state index in [1.165, 1.54) is 15.2 Å². The Labute approximate surface area is 201 Å². The minimum absolute atomic E-state index is 0.00245. The number of carbonyl (C=O) groups excluding carboxylic acids is 1. The van der Waals surface area contributed by atoms with Gasteiger partial charge >= 0.3 is 0 Å². The molecule has 0 bridgehead atoms. The molecule has 1 aromatic heterocycles. The molecule has 1 N–H and O–H groups in total. The Morgan fingerprint density at radius 3 is 2.78 bits per heavy atom. The molecule has 32 heavy (non-hydrogen) atoms. The van der Waals surface area contributed by atoms with E-state index in [0.29, 0.717) is 31.1 Å². The smallest absolute Gasteiger partial charge is 0.245 e. The highest BCUT2D eigenvalue weighted by molar-refractivity contribution is 14.1. The number of aromatic nitrogens is 2. The van der Waals surface area contributed by atoms with Crippen molar-refractivity contribution in [2.45, 2.75) is 25.5 Å². The molecule has 166 valence electrons. The molecule has 1 fully saturated rings. The van der Waals surface area contributed by atoms with E-state index in [1.54, 1.807) is 18.3 Å². The SMILES string of the molecule is C=CC(=O)N1CCC(Oc2cc3c(NCc4cccc(I)c4)ncnc3cc2OC)CC1. The van der Waals surface area contributed by atoms with Crippen LogP contribution in [0.4, 0.5) is 5.82 Å². The predicted octanol–water partition coefficient (Wildman–Crippen LogP) is 4.41. The van der Waals surface area contributed by atoms with Crippen molar-refractivity contribution < 1.29 is 14.3 Å². The molecule has 1 saturated heterocycles. The fourth-order valence-corrected chi connectivity index (χ4v) is 4.40. The van der Waals surface area contributed by atoms with Crippen molar-refractivity contribution in [3.63, 3.8) is 0 Å². The number of hydrogen-bond acceptors (Lipinski definition) is 6. The first-order valence-corrected chi connectivity index (χ1v) is 11.5. The molecule has 2 heterocycles. The molecular formula is C24H25IN4O3. The molecule has 0 radical (unpaired) electrons. The quantitative estimate of drug-likeness (QED) is 0.351. The van der Waals surface area contributed by atoms with Crippen molar-refractivity contribution in [3.05, 3.63) is 64.5 Å². The third-order valence-electron chi connectivity index (χ3n) is 5.49. The van der Waals surface area contributed by atoms with Gasteiger partial charge in [0.1, 0.15) is 18.2 Å². The zero-order valence-electron chi connectivity index (χ0n) is 17.9. The van der Waals surface area contributed by atoms with E-state index in [1.807, 2.05) is 18.2 Å². The molecule has 8 heteroatoms. The molecule has 1 aliphatic heterocycles. The molecule has 0 saturated carbocycles. The van der Waals surface area contributed by atoms with Gasteiger partial charge in [-0.1, -0.05) is 18.7 Å². The number of rotatable bonds is 7. The van der Waals surface area contributed by atoms with Crippen molar-refractivity contribution in [1.82, 2.24) is 14.9 Å². The maximum atomic E-state index is 11.8. The Balaban J connectivity index is 1.54. The van der Waals surface area contributed by atoms with Gasteiger partial charge in [-0.3, -0.25) is 4.79 Å². The predicted molar refractivity (Wildman–Crippen MR) is 133 cm³/mol. The Bertz CT molecular complexity index is 1130.